The topological polar surface area (TPSA) is 60.9 Å². The van der Waals surface area contributed by atoms with Gasteiger partial charge in [0.1, 0.15) is 0 Å². The van der Waals surface area contributed by atoms with E-state index in [-0.39, 0.29) is 24.3 Å². The van der Waals surface area contributed by atoms with Gasteiger partial charge in [0.05, 0.1) is 23.7 Å². The Morgan fingerprint density at radius 2 is 1.85 bits per heavy atom. The number of anilines is 1. The summed E-state index contributed by atoms with van der Waals surface area (Å²) in [5.41, 5.74) is 3.91. The largest absolute Gasteiger partial charge is 0.371 e. The van der Waals surface area contributed by atoms with E-state index in [1.807, 2.05) is 56.3 Å². The van der Waals surface area contributed by atoms with Crippen LogP contribution in [0.15, 0.2) is 42.5 Å². The molecule has 1 fully saturated rings. The number of aryl methyl sites for hydroxylation is 2. The maximum atomic E-state index is 13.2. The monoisotopic (exact) mass is 364 g/mol. The Bertz CT molecular complexity index is 894. The van der Waals surface area contributed by atoms with E-state index in [9.17, 15) is 14.7 Å². The normalized spacial score (nSPS) is 21.7. The van der Waals surface area contributed by atoms with Crippen molar-refractivity contribution < 1.29 is 14.7 Å². The van der Waals surface area contributed by atoms with Crippen LogP contribution in [0.2, 0.25) is 0 Å². The van der Waals surface area contributed by atoms with Crippen molar-refractivity contribution in [1.82, 2.24) is 4.90 Å². The van der Waals surface area contributed by atoms with Gasteiger partial charge in [0.15, 0.2) is 6.23 Å². The van der Waals surface area contributed by atoms with Gasteiger partial charge in [0.2, 0.25) is 5.91 Å². The molecule has 0 radical (unpaired) electrons. The average Bonchev–Trinajstić information content (AvgIpc) is 3.12. The third kappa shape index (κ3) is 3.02. The third-order valence-corrected chi connectivity index (χ3v) is 5.74. The van der Waals surface area contributed by atoms with Gasteiger partial charge >= 0.3 is 0 Å². The number of nitrogens with zero attached hydrogens (tertiary/aromatic N) is 2. The number of amides is 2. The van der Waals surface area contributed by atoms with Crippen molar-refractivity contribution in [3.63, 3.8) is 0 Å². The predicted molar refractivity (Wildman–Crippen MR) is 104 cm³/mol. The van der Waals surface area contributed by atoms with Crippen LogP contribution in [0, 0.1) is 13.8 Å². The van der Waals surface area contributed by atoms with E-state index >= 15 is 0 Å². The van der Waals surface area contributed by atoms with Gasteiger partial charge in [-0.1, -0.05) is 30.3 Å². The Kier molecular flexibility index (Phi) is 4.48. The molecule has 1 N–H and O–H groups in total. The summed E-state index contributed by atoms with van der Waals surface area (Å²) < 4.78 is 0. The first kappa shape index (κ1) is 17.7. The van der Waals surface area contributed by atoms with E-state index in [1.165, 1.54) is 4.90 Å². The molecule has 0 bridgehead atoms. The second-order valence-corrected chi connectivity index (χ2v) is 7.50. The Hall–Kier alpha value is -2.66. The van der Waals surface area contributed by atoms with Gasteiger partial charge < -0.3 is 10.0 Å². The molecule has 5 nitrogen and oxygen atoms in total. The summed E-state index contributed by atoms with van der Waals surface area (Å²) in [7, 11) is 0. The van der Waals surface area contributed by atoms with Gasteiger partial charge in [0.25, 0.3) is 5.91 Å². The molecule has 2 atom stereocenters. The Morgan fingerprint density at radius 1 is 1.15 bits per heavy atom. The molecule has 0 aliphatic carbocycles. The number of carbonyl (C=O) groups is 2. The summed E-state index contributed by atoms with van der Waals surface area (Å²) in [4.78, 5) is 29.5. The van der Waals surface area contributed by atoms with E-state index in [0.717, 1.165) is 23.1 Å². The van der Waals surface area contributed by atoms with Crippen molar-refractivity contribution in [1.29, 1.82) is 0 Å². The molecule has 2 aromatic carbocycles. The van der Waals surface area contributed by atoms with Crippen LogP contribution in [0.3, 0.4) is 0 Å². The smallest absolute Gasteiger partial charge is 0.256 e. The van der Waals surface area contributed by atoms with Gasteiger partial charge in [-0.25, -0.2) is 0 Å². The van der Waals surface area contributed by atoms with Crippen molar-refractivity contribution in [2.24, 2.45) is 0 Å². The van der Waals surface area contributed by atoms with E-state index in [2.05, 4.69) is 0 Å². The highest BCUT2D eigenvalue weighted by Crippen LogP contribution is 2.36. The zero-order chi connectivity index (χ0) is 19.1. The minimum atomic E-state index is -1.03. The molecule has 1 saturated heterocycles. The number of aliphatic hydroxyl groups excluding tert-OH is 1. The molecule has 140 valence electrons. The first-order valence-corrected chi connectivity index (χ1v) is 9.43. The summed E-state index contributed by atoms with van der Waals surface area (Å²) in [6.07, 6.45) is 0.698. The molecule has 2 aliphatic heterocycles. The van der Waals surface area contributed by atoms with Gasteiger partial charge in [-0.3, -0.25) is 14.5 Å². The number of hydrogen-bond donors (Lipinski definition) is 1. The molecular formula is C22H24N2O3. The standard InChI is InChI=1S/C22H24N2O3/c1-14-11-17-19(12-15(14)2)24(20(25)13-16-7-4-3-5-8-16)22(27)18-9-6-10-23(18)21(17)26/h3-5,7-8,11-12,18,22,27H,6,9-10,13H2,1-2H3/t18-,22?/m0/s1. The molecule has 0 aromatic heterocycles. The van der Waals surface area contributed by atoms with Crippen LogP contribution in [-0.2, 0) is 11.2 Å². The van der Waals surface area contributed by atoms with E-state index in [4.69, 9.17) is 0 Å². The lowest BCUT2D eigenvalue weighted by atomic mass is 10.0. The van der Waals surface area contributed by atoms with Gasteiger partial charge in [-0.2, -0.15) is 0 Å². The maximum Gasteiger partial charge on any atom is 0.256 e. The molecule has 4 rings (SSSR count). The first-order valence-electron chi connectivity index (χ1n) is 9.43. The number of rotatable bonds is 2. The second kappa shape index (κ2) is 6.82. The first-order chi connectivity index (χ1) is 13.0. The molecule has 5 heteroatoms. The molecular weight excluding hydrogens is 340 g/mol. The van der Waals surface area contributed by atoms with Crippen LogP contribution >= 0.6 is 0 Å². The van der Waals surface area contributed by atoms with Crippen molar-refractivity contribution in [2.45, 2.75) is 45.4 Å². The van der Waals surface area contributed by atoms with Crippen LogP contribution in [0.1, 0.15) is 39.9 Å². The van der Waals surface area contributed by atoms with Crippen LogP contribution < -0.4 is 4.90 Å². The van der Waals surface area contributed by atoms with Crippen molar-refractivity contribution in [3.8, 4) is 0 Å². The lowest BCUT2D eigenvalue weighted by Crippen LogP contribution is -2.51. The summed E-state index contributed by atoms with van der Waals surface area (Å²) in [5, 5.41) is 11.1. The number of carbonyl (C=O) groups excluding carboxylic acids is 2. The number of hydrogen-bond acceptors (Lipinski definition) is 3. The lowest BCUT2D eigenvalue weighted by molar-refractivity contribution is -0.120. The van der Waals surface area contributed by atoms with Gasteiger partial charge in [-0.05, 0) is 55.5 Å². The number of fused-ring (bicyclic) bond motifs is 2. The van der Waals surface area contributed by atoms with Gasteiger partial charge in [0, 0.05) is 6.54 Å². The molecule has 27 heavy (non-hydrogen) atoms. The molecule has 0 saturated carbocycles. The fourth-order valence-electron chi connectivity index (χ4n) is 4.13. The van der Waals surface area contributed by atoms with Crippen LogP contribution in [-0.4, -0.2) is 40.6 Å². The fourth-order valence-corrected chi connectivity index (χ4v) is 4.13. The lowest BCUT2D eigenvalue weighted by Gasteiger charge is -2.32. The van der Waals surface area contributed by atoms with Crippen molar-refractivity contribution in [2.75, 3.05) is 11.4 Å². The average molecular weight is 364 g/mol. The molecule has 0 spiro atoms. The highest BCUT2D eigenvalue weighted by molar-refractivity contribution is 6.07. The van der Waals surface area contributed by atoms with Gasteiger partial charge in [-0.15, -0.1) is 0 Å². The minimum Gasteiger partial charge on any atom is -0.371 e. The van der Waals surface area contributed by atoms with Crippen LogP contribution in [0.5, 0.6) is 0 Å². The molecule has 2 amide bonds. The van der Waals surface area contributed by atoms with Crippen molar-refractivity contribution >= 4 is 17.5 Å². The zero-order valence-corrected chi connectivity index (χ0v) is 15.7. The number of aliphatic hydroxyl groups is 1. The molecule has 2 aromatic rings. The van der Waals surface area contributed by atoms with Crippen molar-refractivity contribution in [3.05, 3.63) is 64.7 Å². The maximum absolute atomic E-state index is 13.2. The quantitative estimate of drug-likeness (QED) is 0.891. The highest BCUT2D eigenvalue weighted by atomic mass is 16.3. The Balaban J connectivity index is 1.81. The molecule has 1 unspecified atom stereocenters. The Morgan fingerprint density at radius 3 is 2.59 bits per heavy atom. The summed E-state index contributed by atoms with van der Waals surface area (Å²) in [5.74, 6) is -0.288. The summed E-state index contributed by atoms with van der Waals surface area (Å²) in [6, 6.07) is 12.8. The molecule has 2 aliphatic rings. The Labute approximate surface area is 159 Å². The number of benzene rings is 2. The zero-order valence-electron chi connectivity index (χ0n) is 15.7. The van der Waals surface area contributed by atoms with E-state index in [0.29, 0.717) is 24.2 Å². The second-order valence-electron chi connectivity index (χ2n) is 7.50. The van der Waals surface area contributed by atoms with Crippen LogP contribution in [0.25, 0.3) is 0 Å². The predicted octanol–water partition coefficient (Wildman–Crippen LogP) is 2.82. The minimum absolute atomic E-state index is 0.0929. The van der Waals surface area contributed by atoms with Crippen LogP contribution in [0.4, 0.5) is 5.69 Å². The van der Waals surface area contributed by atoms with E-state index < -0.39 is 6.23 Å². The SMILES string of the molecule is Cc1cc2c(cc1C)N(C(=O)Cc1ccccc1)C(O)[C@@H]1CCCN1C2=O. The highest BCUT2D eigenvalue weighted by Gasteiger charge is 2.44. The summed E-state index contributed by atoms with van der Waals surface area (Å²) >= 11 is 0. The molecule has 2 heterocycles. The summed E-state index contributed by atoms with van der Waals surface area (Å²) in [6.45, 7) is 4.54. The van der Waals surface area contributed by atoms with E-state index in [1.54, 1.807) is 4.90 Å². The fraction of sp³-hybridized carbons (Fsp3) is 0.364. The third-order valence-electron chi connectivity index (χ3n) is 5.74.